The molecule has 8 aromatic rings. The van der Waals surface area contributed by atoms with E-state index in [0.29, 0.717) is 5.82 Å². The maximum absolute atomic E-state index is 4.42. The zero-order chi connectivity index (χ0) is 25.1. The Balaban J connectivity index is 1.59. The lowest BCUT2D eigenvalue weighted by atomic mass is 10.0. The van der Waals surface area contributed by atoms with E-state index in [9.17, 15) is 0 Å². The minimum Gasteiger partial charge on any atom is -0.309 e. The van der Waals surface area contributed by atoms with Crippen LogP contribution >= 0.6 is 0 Å². The first kappa shape index (κ1) is 20.9. The molecule has 3 aromatic heterocycles. The highest BCUT2D eigenvalue weighted by molar-refractivity contribution is 6.29. The van der Waals surface area contributed by atoms with Gasteiger partial charge in [0.05, 0.1) is 22.1 Å². The number of fused-ring (bicyclic) bond motifs is 7. The topological polar surface area (TPSA) is 48.5 Å². The van der Waals surface area contributed by atoms with Gasteiger partial charge >= 0.3 is 0 Å². The van der Waals surface area contributed by atoms with E-state index in [-0.39, 0.29) is 0 Å². The zero-order valence-corrected chi connectivity index (χ0v) is 20.4. The second kappa shape index (κ2) is 8.11. The van der Waals surface area contributed by atoms with Crippen LogP contribution in [-0.4, -0.2) is 24.1 Å². The van der Waals surface area contributed by atoms with Gasteiger partial charge in [-0.25, -0.2) is 15.0 Å². The maximum atomic E-state index is 4.42. The van der Waals surface area contributed by atoms with Gasteiger partial charge in [-0.05, 0) is 60.7 Å². The Morgan fingerprint density at radius 1 is 0.447 bits per heavy atom. The third kappa shape index (κ3) is 2.96. The van der Waals surface area contributed by atoms with Crippen molar-refractivity contribution in [3.05, 3.63) is 128 Å². The first-order chi connectivity index (χ1) is 18.9. The van der Waals surface area contributed by atoms with Gasteiger partial charge in [-0.3, -0.25) is 0 Å². The smallest absolute Gasteiger partial charge is 0.162 e. The second-order valence-electron chi connectivity index (χ2n) is 9.41. The summed E-state index contributed by atoms with van der Waals surface area (Å²) in [5.74, 6) is 0.668. The van der Waals surface area contributed by atoms with Gasteiger partial charge in [0.15, 0.2) is 5.82 Å². The zero-order valence-electron chi connectivity index (χ0n) is 20.4. The fraction of sp³-hybridized carbons (Fsp3) is 0. The summed E-state index contributed by atoms with van der Waals surface area (Å²) in [4.78, 5) is 12.9. The number of aromatic nitrogens is 5. The number of hydrogen-bond donors (Lipinski definition) is 0. The Bertz CT molecular complexity index is 2110. The largest absolute Gasteiger partial charge is 0.309 e. The molecule has 0 fully saturated rings. The lowest BCUT2D eigenvalue weighted by molar-refractivity contribution is 1.06. The molecule has 0 bridgehead atoms. The van der Waals surface area contributed by atoms with E-state index < -0.39 is 0 Å². The average Bonchev–Trinajstić information content (AvgIpc) is 3.51. The van der Waals surface area contributed by atoms with Crippen LogP contribution in [0, 0.1) is 0 Å². The fourth-order valence-corrected chi connectivity index (χ4v) is 5.81. The first-order valence-corrected chi connectivity index (χ1v) is 12.6. The third-order valence-electron chi connectivity index (χ3n) is 7.34. The highest BCUT2D eigenvalue weighted by atomic mass is 15.0. The van der Waals surface area contributed by atoms with E-state index in [1.807, 2.05) is 0 Å². The van der Waals surface area contributed by atoms with Crippen LogP contribution in [0.1, 0.15) is 0 Å². The summed E-state index contributed by atoms with van der Waals surface area (Å²) < 4.78 is 4.72. The molecule has 0 aliphatic heterocycles. The van der Waals surface area contributed by atoms with Crippen molar-refractivity contribution in [2.24, 2.45) is 0 Å². The van der Waals surface area contributed by atoms with Crippen molar-refractivity contribution in [3.8, 4) is 22.8 Å². The molecular formula is C33H21N5. The van der Waals surface area contributed by atoms with Gasteiger partial charge in [-0.2, -0.15) is 0 Å². The Morgan fingerprint density at radius 2 is 0.974 bits per heavy atom. The SMILES string of the molecule is c1ccc(-n2c3ccccc3c3c4c5cc(-c6ncncn6)ccc5n(-c5ccccc5)c4ccc32)cc1. The van der Waals surface area contributed by atoms with E-state index in [1.54, 1.807) is 12.7 Å². The molecule has 8 rings (SSSR count). The highest BCUT2D eigenvalue weighted by Crippen LogP contribution is 2.42. The third-order valence-corrected chi connectivity index (χ3v) is 7.34. The molecule has 0 saturated carbocycles. The molecule has 5 nitrogen and oxygen atoms in total. The minimum absolute atomic E-state index is 0.668. The van der Waals surface area contributed by atoms with Crippen molar-refractivity contribution >= 4 is 43.6 Å². The molecule has 5 aromatic carbocycles. The van der Waals surface area contributed by atoms with Crippen LogP contribution in [0.25, 0.3) is 66.4 Å². The van der Waals surface area contributed by atoms with Crippen molar-refractivity contribution in [2.75, 3.05) is 0 Å². The standard InChI is InChI=1S/C33H21N5/c1-3-9-23(10-4-1)37-27-14-8-7-13-25(27)31-29(37)17-18-30-32(31)26-19-22(33-35-20-34-21-36-33)15-16-28(26)38(30)24-11-5-2-6-12-24/h1-21H. The molecule has 0 N–H and O–H groups in total. The van der Waals surface area contributed by atoms with E-state index in [1.165, 1.54) is 38.1 Å². The van der Waals surface area contributed by atoms with Crippen LogP contribution in [0.4, 0.5) is 0 Å². The van der Waals surface area contributed by atoms with Gasteiger partial charge < -0.3 is 9.13 Å². The molecule has 0 unspecified atom stereocenters. The summed E-state index contributed by atoms with van der Waals surface area (Å²) in [6.45, 7) is 0. The highest BCUT2D eigenvalue weighted by Gasteiger charge is 2.20. The lowest BCUT2D eigenvalue weighted by Gasteiger charge is -2.09. The first-order valence-electron chi connectivity index (χ1n) is 12.6. The molecule has 5 heteroatoms. The molecular weight excluding hydrogens is 466 g/mol. The van der Waals surface area contributed by atoms with Crippen molar-refractivity contribution in [2.45, 2.75) is 0 Å². The molecule has 0 aliphatic carbocycles. The van der Waals surface area contributed by atoms with Crippen LogP contribution < -0.4 is 0 Å². The van der Waals surface area contributed by atoms with E-state index in [4.69, 9.17) is 0 Å². The number of para-hydroxylation sites is 3. The fourth-order valence-electron chi connectivity index (χ4n) is 5.81. The summed E-state index contributed by atoms with van der Waals surface area (Å²) in [5, 5.41) is 4.87. The summed E-state index contributed by atoms with van der Waals surface area (Å²) in [6.07, 6.45) is 3.09. The molecule has 178 valence electrons. The van der Waals surface area contributed by atoms with Crippen LogP contribution in [0.5, 0.6) is 0 Å². The molecule has 0 atom stereocenters. The lowest BCUT2D eigenvalue weighted by Crippen LogP contribution is -1.94. The molecule has 3 heterocycles. The molecule has 0 spiro atoms. The van der Waals surface area contributed by atoms with E-state index in [0.717, 1.165) is 22.5 Å². The van der Waals surface area contributed by atoms with Gasteiger partial charge in [-0.1, -0.05) is 54.6 Å². The molecule has 0 aliphatic rings. The Labute approximate surface area is 218 Å². The van der Waals surface area contributed by atoms with Crippen molar-refractivity contribution in [3.63, 3.8) is 0 Å². The average molecular weight is 488 g/mol. The quantitative estimate of drug-likeness (QED) is 0.256. The van der Waals surface area contributed by atoms with Gasteiger partial charge in [0.2, 0.25) is 0 Å². The number of rotatable bonds is 3. The van der Waals surface area contributed by atoms with Crippen LogP contribution in [-0.2, 0) is 0 Å². The summed E-state index contributed by atoms with van der Waals surface area (Å²) in [7, 11) is 0. The van der Waals surface area contributed by atoms with Gasteiger partial charge in [0, 0.05) is 38.5 Å². The number of benzene rings is 5. The summed E-state index contributed by atoms with van der Waals surface area (Å²) >= 11 is 0. The molecule has 0 amide bonds. The minimum atomic E-state index is 0.668. The van der Waals surface area contributed by atoms with Crippen molar-refractivity contribution in [1.29, 1.82) is 0 Å². The van der Waals surface area contributed by atoms with Crippen LogP contribution in [0.15, 0.2) is 128 Å². The molecule has 38 heavy (non-hydrogen) atoms. The summed E-state index contributed by atoms with van der Waals surface area (Å²) in [5.41, 5.74) is 7.94. The van der Waals surface area contributed by atoms with Gasteiger partial charge in [0.25, 0.3) is 0 Å². The number of nitrogens with zero attached hydrogens (tertiary/aromatic N) is 5. The maximum Gasteiger partial charge on any atom is 0.162 e. The Kier molecular flexibility index (Phi) is 4.45. The summed E-state index contributed by atoms with van der Waals surface area (Å²) in [6, 6.07) is 40.9. The van der Waals surface area contributed by atoms with Crippen molar-refractivity contribution in [1.82, 2.24) is 24.1 Å². The normalized spacial score (nSPS) is 11.7. The van der Waals surface area contributed by atoms with Gasteiger partial charge in [0.1, 0.15) is 12.7 Å². The van der Waals surface area contributed by atoms with Crippen molar-refractivity contribution < 1.29 is 0 Å². The van der Waals surface area contributed by atoms with Gasteiger partial charge in [-0.15, -0.1) is 0 Å². The predicted molar refractivity (Wildman–Crippen MR) is 154 cm³/mol. The van der Waals surface area contributed by atoms with E-state index >= 15 is 0 Å². The predicted octanol–water partition coefficient (Wildman–Crippen LogP) is 7.73. The Hall–Kier alpha value is -5.29. The van der Waals surface area contributed by atoms with Crippen LogP contribution in [0.2, 0.25) is 0 Å². The van der Waals surface area contributed by atoms with E-state index in [2.05, 4.69) is 139 Å². The molecule has 0 saturated heterocycles. The second-order valence-corrected chi connectivity index (χ2v) is 9.41. The van der Waals surface area contributed by atoms with Crippen LogP contribution in [0.3, 0.4) is 0 Å². The molecule has 0 radical (unpaired) electrons. The number of hydrogen-bond acceptors (Lipinski definition) is 3. The Morgan fingerprint density at radius 3 is 1.63 bits per heavy atom. The monoisotopic (exact) mass is 487 g/mol.